The van der Waals surface area contributed by atoms with Crippen LogP contribution in [0.5, 0.6) is 0 Å². The maximum atomic E-state index is 10.6. The Kier molecular flexibility index (Phi) is 5.29. The first kappa shape index (κ1) is 12.7. The van der Waals surface area contributed by atoms with Gasteiger partial charge in [-0.3, -0.25) is 9.69 Å². The number of rotatable bonds is 3. The molecule has 2 atom stereocenters. The van der Waals surface area contributed by atoms with Gasteiger partial charge in [0.2, 0.25) is 0 Å². The van der Waals surface area contributed by atoms with Crippen LogP contribution in [0, 0.1) is 0 Å². The van der Waals surface area contributed by atoms with Gasteiger partial charge in [-0.15, -0.1) is 12.4 Å². The van der Waals surface area contributed by atoms with E-state index in [9.17, 15) is 4.79 Å². The Morgan fingerprint density at radius 1 is 1.69 bits per heavy atom. The lowest BCUT2D eigenvalue weighted by molar-refractivity contribution is -0.142. The molecule has 0 amide bonds. The first-order valence-corrected chi connectivity index (χ1v) is 4.14. The molecule has 0 aromatic carbocycles. The summed E-state index contributed by atoms with van der Waals surface area (Å²) in [6.07, 6.45) is 1.15. The van der Waals surface area contributed by atoms with Crippen molar-refractivity contribution in [1.82, 2.24) is 4.90 Å². The molecule has 0 saturated carbocycles. The number of carbonyl (C=O) groups is 1. The van der Waals surface area contributed by atoms with Crippen LogP contribution < -0.4 is 0 Å². The average molecular weight is 210 g/mol. The predicted molar refractivity (Wildman–Crippen MR) is 51.3 cm³/mol. The Bertz CT molecular complexity index is 177. The Morgan fingerprint density at radius 3 is 2.69 bits per heavy atom. The lowest BCUT2D eigenvalue weighted by Gasteiger charge is -2.19. The van der Waals surface area contributed by atoms with Crippen LogP contribution in [0.4, 0.5) is 0 Å². The van der Waals surface area contributed by atoms with Crippen LogP contribution in [0.25, 0.3) is 0 Å². The molecular weight excluding hydrogens is 194 g/mol. The summed E-state index contributed by atoms with van der Waals surface area (Å²) in [5.74, 6) is -0.758. The van der Waals surface area contributed by atoms with Gasteiger partial charge < -0.3 is 9.84 Å². The maximum absolute atomic E-state index is 10.6. The van der Waals surface area contributed by atoms with Crippen molar-refractivity contribution < 1.29 is 14.6 Å². The molecule has 1 unspecified atom stereocenters. The third kappa shape index (κ3) is 3.14. The van der Waals surface area contributed by atoms with Crippen molar-refractivity contribution in [1.29, 1.82) is 0 Å². The molecule has 5 heteroatoms. The fourth-order valence-electron chi connectivity index (χ4n) is 1.45. The van der Waals surface area contributed by atoms with Crippen molar-refractivity contribution in [3.8, 4) is 0 Å². The Morgan fingerprint density at radius 2 is 2.31 bits per heavy atom. The quantitative estimate of drug-likeness (QED) is 0.740. The van der Waals surface area contributed by atoms with Crippen LogP contribution in [-0.4, -0.2) is 48.3 Å². The van der Waals surface area contributed by atoms with E-state index in [4.69, 9.17) is 9.84 Å². The van der Waals surface area contributed by atoms with Gasteiger partial charge in [0, 0.05) is 20.2 Å². The summed E-state index contributed by atoms with van der Waals surface area (Å²) >= 11 is 0. The van der Waals surface area contributed by atoms with Gasteiger partial charge in [0.15, 0.2) is 0 Å². The number of aliphatic carboxylic acids is 1. The van der Waals surface area contributed by atoms with E-state index in [2.05, 4.69) is 0 Å². The lowest BCUT2D eigenvalue weighted by atomic mass is 10.3. The molecule has 0 bridgehead atoms. The minimum Gasteiger partial charge on any atom is -0.480 e. The third-order valence-corrected chi connectivity index (χ3v) is 2.41. The number of hydrogen-bond donors (Lipinski definition) is 1. The van der Waals surface area contributed by atoms with E-state index in [1.54, 1.807) is 14.0 Å². The van der Waals surface area contributed by atoms with E-state index in [0.717, 1.165) is 19.5 Å². The van der Waals surface area contributed by atoms with Crippen LogP contribution >= 0.6 is 12.4 Å². The lowest BCUT2D eigenvalue weighted by Crippen LogP contribution is -2.37. The van der Waals surface area contributed by atoms with Crippen molar-refractivity contribution >= 4 is 18.4 Å². The van der Waals surface area contributed by atoms with E-state index in [1.807, 2.05) is 4.90 Å². The van der Waals surface area contributed by atoms with Gasteiger partial charge in [0.1, 0.15) is 6.04 Å². The zero-order chi connectivity index (χ0) is 9.14. The van der Waals surface area contributed by atoms with Gasteiger partial charge in [0.25, 0.3) is 0 Å². The Hall–Kier alpha value is -0.320. The molecule has 0 aromatic heterocycles. The molecule has 1 rings (SSSR count). The van der Waals surface area contributed by atoms with Gasteiger partial charge >= 0.3 is 5.97 Å². The fraction of sp³-hybridized carbons (Fsp3) is 0.875. The first-order chi connectivity index (χ1) is 5.65. The molecule has 1 saturated heterocycles. The summed E-state index contributed by atoms with van der Waals surface area (Å²) in [6.45, 7) is 3.27. The van der Waals surface area contributed by atoms with Gasteiger partial charge in [0.05, 0.1) is 6.10 Å². The number of halogens is 1. The Balaban J connectivity index is 0.00000144. The number of likely N-dealkylation sites (tertiary alicyclic amines) is 1. The maximum Gasteiger partial charge on any atom is 0.320 e. The second-order valence-electron chi connectivity index (χ2n) is 3.16. The number of hydrogen-bond acceptors (Lipinski definition) is 3. The van der Waals surface area contributed by atoms with Gasteiger partial charge in [-0.2, -0.15) is 0 Å². The van der Waals surface area contributed by atoms with E-state index >= 15 is 0 Å². The highest BCUT2D eigenvalue weighted by molar-refractivity contribution is 5.85. The van der Waals surface area contributed by atoms with E-state index in [0.29, 0.717) is 0 Å². The smallest absolute Gasteiger partial charge is 0.320 e. The SMILES string of the molecule is CO[C@@H]1CCN(C(C)C(=O)O)C1.Cl. The zero-order valence-corrected chi connectivity index (χ0v) is 8.71. The summed E-state index contributed by atoms with van der Waals surface area (Å²) in [5, 5.41) is 8.72. The number of methoxy groups -OCH3 is 1. The second kappa shape index (κ2) is 5.42. The molecule has 0 radical (unpaired) electrons. The molecule has 0 aliphatic carbocycles. The van der Waals surface area contributed by atoms with E-state index in [1.165, 1.54) is 0 Å². The number of carboxylic acids is 1. The van der Waals surface area contributed by atoms with Crippen LogP contribution in [0.2, 0.25) is 0 Å². The largest absolute Gasteiger partial charge is 0.480 e. The highest BCUT2D eigenvalue weighted by Gasteiger charge is 2.28. The van der Waals surface area contributed by atoms with Crippen molar-refractivity contribution in [3.05, 3.63) is 0 Å². The molecule has 1 heterocycles. The highest BCUT2D eigenvalue weighted by atomic mass is 35.5. The highest BCUT2D eigenvalue weighted by Crippen LogP contribution is 2.14. The number of carboxylic acid groups (broad SMARTS) is 1. The summed E-state index contributed by atoms with van der Waals surface area (Å²) in [6, 6.07) is -0.384. The Labute approximate surface area is 84.3 Å². The standard InChI is InChI=1S/C8H15NO3.ClH/c1-6(8(10)11)9-4-3-7(5-9)12-2;/h6-7H,3-5H2,1-2H3,(H,10,11);1H/t6?,7-;/m1./s1. The molecule has 4 nitrogen and oxygen atoms in total. The number of nitrogens with zero attached hydrogens (tertiary/aromatic N) is 1. The minimum absolute atomic E-state index is 0. The first-order valence-electron chi connectivity index (χ1n) is 4.14. The van der Waals surface area contributed by atoms with Gasteiger partial charge in [-0.05, 0) is 13.3 Å². The third-order valence-electron chi connectivity index (χ3n) is 2.41. The molecule has 13 heavy (non-hydrogen) atoms. The van der Waals surface area contributed by atoms with Crippen molar-refractivity contribution in [2.45, 2.75) is 25.5 Å². The number of ether oxygens (including phenoxy) is 1. The molecule has 78 valence electrons. The molecule has 1 fully saturated rings. The molecule has 1 aliphatic rings. The van der Waals surface area contributed by atoms with E-state index in [-0.39, 0.29) is 24.6 Å². The summed E-state index contributed by atoms with van der Waals surface area (Å²) < 4.78 is 5.14. The zero-order valence-electron chi connectivity index (χ0n) is 7.90. The van der Waals surface area contributed by atoms with Gasteiger partial charge in [-0.25, -0.2) is 0 Å². The molecule has 1 aliphatic heterocycles. The normalized spacial score (nSPS) is 25.2. The fourth-order valence-corrected chi connectivity index (χ4v) is 1.45. The molecule has 1 N–H and O–H groups in total. The van der Waals surface area contributed by atoms with Crippen molar-refractivity contribution in [2.75, 3.05) is 20.2 Å². The van der Waals surface area contributed by atoms with Gasteiger partial charge in [-0.1, -0.05) is 0 Å². The van der Waals surface area contributed by atoms with Crippen LogP contribution in [0.15, 0.2) is 0 Å². The summed E-state index contributed by atoms with van der Waals surface area (Å²) in [5.41, 5.74) is 0. The topological polar surface area (TPSA) is 49.8 Å². The monoisotopic (exact) mass is 209 g/mol. The predicted octanol–water partition coefficient (Wildman–Crippen LogP) is 0.602. The van der Waals surface area contributed by atoms with E-state index < -0.39 is 5.97 Å². The summed E-state index contributed by atoms with van der Waals surface area (Å²) in [7, 11) is 1.67. The average Bonchev–Trinajstić information content (AvgIpc) is 2.50. The molecule has 0 aromatic rings. The minimum atomic E-state index is -0.758. The molecular formula is C8H16ClNO3. The van der Waals surface area contributed by atoms with Crippen LogP contribution in [-0.2, 0) is 9.53 Å². The second-order valence-corrected chi connectivity index (χ2v) is 3.16. The van der Waals surface area contributed by atoms with Crippen molar-refractivity contribution in [3.63, 3.8) is 0 Å². The van der Waals surface area contributed by atoms with Crippen molar-refractivity contribution in [2.24, 2.45) is 0 Å². The van der Waals surface area contributed by atoms with Crippen LogP contribution in [0.1, 0.15) is 13.3 Å². The summed E-state index contributed by atoms with van der Waals surface area (Å²) in [4.78, 5) is 12.5. The molecule has 0 spiro atoms. The van der Waals surface area contributed by atoms with Crippen LogP contribution in [0.3, 0.4) is 0 Å².